The molecule has 1 heterocycles. The van der Waals surface area contributed by atoms with E-state index >= 15 is 0 Å². The smallest absolute Gasteiger partial charge is 0.146 e. The van der Waals surface area contributed by atoms with Crippen molar-refractivity contribution < 1.29 is 4.39 Å². The van der Waals surface area contributed by atoms with Crippen molar-refractivity contribution in [1.82, 2.24) is 4.98 Å². The minimum Gasteiger partial charge on any atom is -0.397 e. The third-order valence-corrected chi connectivity index (χ3v) is 2.65. The molecule has 0 spiro atoms. The first-order chi connectivity index (χ1) is 6.59. The summed E-state index contributed by atoms with van der Waals surface area (Å²) in [6.45, 7) is 1.88. The van der Waals surface area contributed by atoms with Crippen LogP contribution in [0, 0.1) is 12.7 Å². The van der Waals surface area contributed by atoms with Gasteiger partial charge in [-0.2, -0.15) is 0 Å². The molecule has 2 rings (SSSR count). The molecule has 2 nitrogen and oxygen atoms in total. The van der Waals surface area contributed by atoms with Crippen LogP contribution in [-0.2, 0) is 0 Å². The standard InChI is InChI=1S/C10H8BrFN2/c1-5-2-8(11)9(12)7-3-6(13)4-14-10(5)7/h2-4H,13H2,1H3. The van der Waals surface area contributed by atoms with E-state index in [-0.39, 0.29) is 5.82 Å². The van der Waals surface area contributed by atoms with Crippen LogP contribution in [0.1, 0.15) is 5.56 Å². The van der Waals surface area contributed by atoms with Gasteiger partial charge in [0.05, 0.1) is 21.9 Å². The van der Waals surface area contributed by atoms with Crippen LogP contribution in [0.4, 0.5) is 10.1 Å². The van der Waals surface area contributed by atoms with Crippen LogP contribution in [0.3, 0.4) is 0 Å². The quantitative estimate of drug-likeness (QED) is 0.785. The molecule has 0 saturated carbocycles. The fourth-order valence-electron chi connectivity index (χ4n) is 1.41. The molecular weight excluding hydrogens is 247 g/mol. The molecule has 0 aliphatic carbocycles. The molecule has 0 atom stereocenters. The molecule has 0 radical (unpaired) electrons. The van der Waals surface area contributed by atoms with Gasteiger partial charge in [0.1, 0.15) is 5.82 Å². The Morgan fingerprint density at radius 1 is 1.43 bits per heavy atom. The van der Waals surface area contributed by atoms with Gasteiger partial charge in [-0.05, 0) is 40.5 Å². The molecular formula is C10H8BrFN2. The summed E-state index contributed by atoms with van der Waals surface area (Å²) in [5.74, 6) is -0.314. The lowest BCUT2D eigenvalue weighted by molar-refractivity contribution is 0.633. The van der Waals surface area contributed by atoms with Crippen molar-refractivity contribution in [2.75, 3.05) is 5.73 Å². The van der Waals surface area contributed by atoms with Crippen molar-refractivity contribution >= 4 is 32.5 Å². The number of nitrogen functional groups attached to an aromatic ring is 1. The maximum Gasteiger partial charge on any atom is 0.146 e. The Kier molecular flexibility index (Phi) is 2.15. The molecule has 0 unspecified atom stereocenters. The lowest BCUT2D eigenvalue weighted by atomic mass is 10.1. The number of hydrogen-bond acceptors (Lipinski definition) is 2. The van der Waals surface area contributed by atoms with Crippen molar-refractivity contribution in [3.63, 3.8) is 0 Å². The number of pyridine rings is 1. The lowest BCUT2D eigenvalue weighted by Crippen LogP contribution is -1.92. The first kappa shape index (κ1) is 9.40. The zero-order valence-corrected chi connectivity index (χ0v) is 9.10. The fourth-order valence-corrected chi connectivity index (χ4v) is 1.97. The lowest BCUT2D eigenvalue weighted by Gasteiger charge is -2.05. The fraction of sp³-hybridized carbons (Fsp3) is 0.100. The maximum atomic E-state index is 13.6. The molecule has 0 amide bonds. The van der Waals surface area contributed by atoms with Crippen molar-refractivity contribution in [3.05, 3.63) is 34.2 Å². The number of nitrogens with zero attached hydrogens (tertiary/aromatic N) is 1. The number of aryl methyl sites for hydroxylation is 1. The topological polar surface area (TPSA) is 38.9 Å². The van der Waals surface area contributed by atoms with E-state index in [9.17, 15) is 4.39 Å². The molecule has 0 fully saturated rings. The van der Waals surface area contributed by atoms with E-state index in [1.54, 1.807) is 12.1 Å². The molecule has 0 aliphatic heterocycles. The second-order valence-electron chi connectivity index (χ2n) is 3.15. The Balaban J connectivity index is 2.95. The zero-order valence-electron chi connectivity index (χ0n) is 7.51. The summed E-state index contributed by atoms with van der Waals surface area (Å²) in [4.78, 5) is 4.10. The monoisotopic (exact) mass is 254 g/mol. The van der Waals surface area contributed by atoms with Gasteiger partial charge in [0.25, 0.3) is 0 Å². The SMILES string of the molecule is Cc1cc(Br)c(F)c2cc(N)cnc12. The number of nitrogens with two attached hydrogens (primary N) is 1. The number of aromatic nitrogens is 1. The first-order valence-electron chi connectivity index (χ1n) is 4.09. The highest BCUT2D eigenvalue weighted by atomic mass is 79.9. The maximum absolute atomic E-state index is 13.6. The normalized spacial score (nSPS) is 10.8. The van der Waals surface area contributed by atoms with Crippen LogP contribution in [0.5, 0.6) is 0 Å². The Morgan fingerprint density at radius 2 is 2.14 bits per heavy atom. The second-order valence-corrected chi connectivity index (χ2v) is 4.01. The van der Waals surface area contributed by atoms with E-state index in [4.69, 9.17) is 5.73 Å². The van der Waals surface area contributed by atoms with E-state index in [1.807, 2.05) is 6.92 Å². The number of halogens is 2. The molecule has 2 aromatic rings. The van der Waals surface area contributed by atoms with Gasteiger partial charge in [-0.25, -0.2) is 4.39 Å². The summed E-state index contributed by atoms with van der Waals surface area (Å²) in [5.41, 5.74) is 7.59. The number of hydrogen-bond donors (Lipinski definition) is 1. The number of anilines is 1. The van der Waals surface area contributed by atoms with Crippen molar-refractivity contribution in [2.24, 2.45) is 0 Å². The molecule has 72 valence electrons. The van der Waals surface area contributed by atoms with Crippen LogP contribution in [0.25, 0.3) is 10.9 Å². The Hall–Kier alpha value is -1.16. The minimum absolute atomic E-state index is 0.314. The highest BCUT2D eigenvalue weighted by Crippen LogP contribution is 2.27. The Labute approximate surface area is 89.1 Å². The van der Waals surface area contributed by atoms with Crippen LogP contribution >= 0.6 is 15.9 Å². The van der Waals surface area contributed by atoms with Crippen molar-refractivity contribution in [2.45, 2.75) is 6.92 Å². The zero-order chi connectivity index (χ0) is 10.3. The van der Waals surface area contributed by atoms with E-state index in [0.717, 1.165) is 5.56 Å². The molecule has 1 aromatic carbocycles. The predicted molar refractivity (Wildman–Crippen MR) is 58.6 cm³/mol. The van der Waals surface area contributed by atoms with Crippen LogP contribution in [0.15, 0.2) is 22.8 Å². The number of benzene rings is 1. The van der Waals surface area contributed by atoms with Gasteiger partial charge in [0.15, 0.2) is 0 Å². The van der Waals surface area contributed by atoms with Gasteiger partial charge < -0.3 is 5.73 Å². The summed E-state index contributed by atoms with van der Waals surface area (Å²) in [6.07, 6.45) is 1.53. The molecule has 0 aliphatic rings. The second kappa shape index (κ2) is 3.20. The van der Waals surface area contributed by atoms with Crippen LogP contribution < -0.4 is 5.73 Å². The third-order valence-electron chi connectivity index (χ3n) is 2.07. The average Bonchev–Trinajstić information content (AvgIpc) is 2.14. The van der Waals surface area contributed by atoms with Gasteiger partial charge in [-0.15, -0.1) is 0 Å². The van der Waals surface area contributed by atoms with Gasteiger partial charge in [0, 0.05) is 5.39 Å². The van der Waals surface area contributed by atoms with Gasteiger partial charge in [-0.3, -0.25) is 4.98 Å². The van der Waals surface area contributed by atoms with E-state index in [1.165, 1.54) is 6.20 Å². The number of rotatable bonds is 0. The third kappa shape index (κ3) is 1.35. The summed E-state index contributed by atoms with van der Waals surface area (Å²) < 4.78 is 14.1. The largest absolute Gasteiger partial charge is 0.397 e. The van der Waals surface area contributed by atoms with E-state index in [0.29, 0.717) is 21.1 Å². The van der Waals surface area contributed by atoms with Gasteiger partial charge in [0.2, 0.25) is 0 Å². The van der Waals surface area contributed by atoms with E-state index in [2.05, 4.69) is 20.9 Å². The Bertz CT molecular complexity index is 511. The van der Waals surface area contributed by atoms with Crippen LogP contribution in [0.2, 0.25) is 0 Å². The van der Waals surface area contributed by atoms with Gasteiger partial charge in [-0.1, -0.05) is 0 Å². The highest BCUT2D eigenvalue weighted by molar-refractivity contribution is 9.10. The summed E-state index contributed by atoms with van der Waals surface area (Å²) >= 11 is 3.15. The first-order valence-corrected chi connectivity index (χ1v) is 4.88. The summed E-state index contributed by atoms with van der Waals surface area (Å²) in [5, 5.41) is 0.455. The van der Waals surface area contributed by atoms with Crippen LogP contribution in [-0.4, -0.2) is 4.98 Å². The number of fused-ring (bicyclic) bond motifs is 1. The predicted octanol–water partition coefficient (Wildman–Crippen LogP) is 3.03. The molecule has 1 aromatic heterocycles. The summed E-state index contributed by atoms with van der Waals surface area (Å²) in [7, 11) is 0. The summed E-state index contributed by atoms with van der Waals surface area (Å²) in [6, 6.07) is 3.30. The Morgan fingerprint density at radius 3 is 2.86 bits per heavy atom. The molecule has 2 N–H and O–H groups in total. The van der Waals surface area contributed by atoms with E-state index < -0.39 is 0 Å². The minimum atomic E-state index is -0.314. The molecule has 0 bridgehead atoms. The van der Waals surface area contributed by atoms with Gasteiger partial charge >= 0.3 is 0 Å². The average molecular weight is 255 g/mol. The molecule has 4 heteroatoms. The molecule has 14 heavy (non-hydrogen) atoms. The van der Waals surface area contributed by atoms with Crippen molar-refractivity contribution in [1.29, 1.82) is 0 Å². The highest BCUT2D eigenvalue weighted by Gasteiger charge is 2.09. The van der Waals surface area contributed by atoms with Crippen molar-refractivity contribution in [3.8, 4) is 0 Å². The molecule has 0 saturated heterocycles.